The molecule has 2 heterocycles. The highest BCUT2D eigenvalue weighted by Gasteiger charge is 2.41. The summed E-state index contributed by atoms with van der Waals surface area (Å²) in [7, 11) is 0. The van der Waals surface area contributed by atoms with Crippen LogP contribution in [0.25, 0.3) is 10.9 Å². The van der Waals surface area contributed by atoms with Crippen LogP contribution >= 0.6 is 0 Å². The molecule has 36 heavy (non-hydrogen) atoms. The lowest BCUT2D eigenvalue weighted by atomic mass is 10.0. The van der Waals surface area contributed by atoms with Crippen molar-refractivity contribution in [3.63, 3.8) is 0 Å². The van der Waals surface area contributed by atoms with Gasteiger partial charge in [-0.1, -0.05) is 18.2 Å². The quantitative estimate of drug-likeness (QED) is 0.211. The van der Waals surface area contributed by atoms with Gasteiger partial charge in [0, 0.05) is 23.6 Å². The Balaban J connectivity index is 1.68. The Morgan fingerprint density at radius 3 is 2.42 bits per heavy atom. The smallest absolute Gasteiger partial charge is 0.328 e. The highest BCUT2D eigenvalue weighted by Crippen LogP contribution is 2.21. The molecule has 6 unspecified atom stereocenters. The third-order valence-electron chi connectivity index (χ3n) is 6.38. The highest BCUT2D eigenvalue weighted by atomic mass is 16.4. The van der Waals surface area contributed by atoms with E-state index in [0.717, 1.165) is 16.5 Å². The molecule has 196 valence electrons. The van der Waals surface area contributed by atoms with E-state index < -0.39 is 60.1 Å². The third kappa shape index (κ3) is 6.01. The summed E-state index contributed by atoms with van der Waals surface area (Å²) < 4.78 is 0. The number of hydrogen-bond acceptors (Lipinski definition) is 7. The normalized spacial score (nSPS) is 19.8. The van der Waals surface area contributed by atoms with Gasteiger partial charge in [-0.3, -0.25) is 14.4 Å². The van der Waals surface area contributed by atoms with Gasteiger partial charge in [-0.25, -0.2) is 4.79 Å². The number of nitrogens with one attached hydrogen (secondary N) is 3. The van der Waals surface area contributed by atoms with Crippen LogP contribution in [-0.4, -0.2) is 91.8 Å². The average Bonchev–Trinajstić information content (AvgIpc) is 3.47. The summed E-state index contributed by atoms with van der Waals surface area (Å²) in [5.41, 5.74) is 7.84. The molecule has 1 aromatic heterocycles. The number of carbonyl (C=O) groups excluding carboxylic acids is 3. The van der Waals surface area contributed by atoms with Crippen molar-refractivity contribution in [1.82, 2.24) is 20.5 Å². The Labute approximate surface area is 207 Å². The molecule has 12 heteroatoms. The van der Waals surface area contributed by atoms with Gasteiger partial charge in [-0.15, -0.1) is 0 Å². The second-order valence-electron chi connectivity index (χ2n) is 9.15. The van der Waals surface area contributed by atoms with Gasteiger partial charge < -0.3 is 41.6 Å². The summed E-state index contributed by atoms with van der Waals surface area (Å²) in [6.07, 6.45) is 0.0677. The monoisotopic (exact) mass is 503 g/mol. The largest absolute Gasteiger partial charge is 0.480 e. The number of aliphatic hydroxyl groups excluding tert-OH is 2. The number of carboxylic acids is 1. The van der Waals surface area contributed by atoms with Crippen LogP contribution in [0.5, 0.6) is 0 Å². The van der Waals surface area contributed by atoms with Crippen LogP contribution in [-0.2, 0) is 25.6 Å². The summed E-state index contributed by atoms with van der Waals surface area (Å²) in [6.45, 7) is 2.76. The molecule has 3 rings (SSSR count). The van der Waals surface area contributed by atoms with Crippen molar-refractivity contribution < 1.29 is 34.5 Å². The van der Waals surface area contributed by atoms with Crippen molar-refractivity contribution in [2.45, 2.75) is 69.5 Å². The number of para-hydroxylation sites is 1. The standard InChI is InChI=1S/C24H33N5O7/c1-12(30)19(27-21(32)16(25)10-14-11-26-17-7-4-3-6-15(14)17)23(34)29-9-5-8-18(29)22(33)28-20(13(2)31)24(35)36/h3-4,6-7,11-13,16,18-20,26,30-31H,5,8-10,25H2,1-2H3,(H,27,32)(H,28,33)(H,35,36). The molecule has 1 fully saturated rings. The van der Waals surface area contributed by atoms with Crippen molar-refractivity contribution >= 4 is 34.6 Å². The number of likely N-dealkylation sites (tertiary alicyclic amines) is 1. The number of benzene rings is 1. The number of rotatable bonds is 10. The van der Waals surface area contributed by atoms with Crippen molar-refractivity contribution in [2.24, 2.45) is 5.73 Å². The number of aromatic amines is 1. The number of aromatic nitrogens is 1. The lowest BCUT2D eigenvalue weighted by Crippen LogP contribution is -2.60. The van der Waals surface area contributed by atoms with Crippen molar-refractivity contribution in [3.05, 3.63) is 36.0 Å². The molecule has 0 bridgehead atoms. The molecule has 0 aliphatic carbocycles. The second-order valence-corrected chi connectivity index (χ2v) is 9.15. The Morgan fingerprint density at radius 1 is 1.11 bits per heavy atom. The number of H-pyrrole nitrogens is 1. The second kappa shape index (κ2) is 11.5. The maximum atomic E-state index is 13.3. The van der Waals surface area contributed by atoms with E-state index in [0.29, 0.717) is 6.42 Å². The fourth-order valence-electron chi connectivity index (χ4n) is 4.40. The molecular weight excluding hydrogens is 470 g/mol. The summed E-state index contributed by atoms with van der Waals surface area (Å²) in [6, 6.07) is 2.65. The summed E-state index contributed by atoms with van der Waals surface area (Å²) in [5.74, 6) is -3.47. The Hall–Kier alpha value is -3.48. The molecule has 0 radical (unpaired) electrons. The van der Waals surface area contributed by atoms with Crippen LogP contribution in [0.2, 0.25) is 0 Å². The van der Waals surface area contributed by atoms with E-state index in [1.807, 2.05) is 24.3 Å². The molecule has 12 nitrogen and oxygen atoms in total. The van der Waals surface area contributed by atoms with Crippen LogP contribution < -0.4 is 16.4 Å². The number of nitrogens with two attached hydrogens (primary N) is 1. The summed E-state index contributed by atoms with van der Waals surface area (Å²) >= 11 is 0. The van der Waals surface area contributed by atoms with Crippen LogP contribution in [0.15, 0.2) is 30.5 Å². The SMILES string of the molecule is CC(O)C(NC(=O)C1CCCN1C(=O)C(NC(=O)C(N)Cc1c[nH]c2ccccc12)C(C)O)C(=O)O. The van der Waals surface area contributed by atoms with E-state index in [-0.39, 0.29) is 19.4 Å². The van der Waals surface area contributed by atoms with Gasteiger partial charge in [0.15, 0.2) is 6.04 Å². The molecule has 8 N–H and O–H groups in total. The highest BCUT2D eigenvalue weighted by molar-refractivity contribution is 5.95. The fourth-order valence-corrected chi connectivity index (χ4v) is 4.40. The Kier molecular flexibility index (Phi) is 8.66. The molecule has 1 aromatic carbocycles. The number of aliphatic carboxylic acids is 1. The number of hydrogen-bond donors (Lipinski definition) is 7. The van der Waals surface area contributed by atoms with E-state index in [1.165, 1.54) is 18.7 Å². The number of carbonyl (C=O) groups is 4. The summed E-state index contributed by atoms with van der Waals surface area (Å²) in [4.78, 5) is 54.5. The molecule has 0 saturated carbocycles. The molecule has 6 atom stereocenters. The average molecular weight is 504 g/mol. The zero-order valence-corrected chi connectivity index (χ0v) is 20.2. The molecule has 1 saturated heterocycles. The predicted molar refractivity (Wildman–Crippen MR) is 130 cm³/mol. The third-order valence-corrected chi connectivity index (χ3v) is 6.38. The van der Waals surface area contributed by atoms with Crippen LogP contribution in [0, 0.1) is 0 Å². The van der Waals surface area contributed by atoms with Gasteiger partial charge in [0.2, 0.25) is 17.7 Å². The van der Waals surface area contributed by atoms with E-state index in [1.54, 1.807) is 6.20 Å². The molecule has 0 spiro atoms. The van der Waals surface area contributed by atoms with Crippen LogP contribution in [0.3, 0.4) is 0 Å². The first-order valence-corrected chi connectivity index (χ1v) is 11.8. The minimum absolute atomic E-state index is 0.184. The van der Waals surface area contributed by atoms with Gasteiger partial charge in [-0.2, -0.15) is 0 Å². The molecular formula is C24H33N5O7. The Bertz CT molecular complexity index is 1120. The lowest BCUT2D eigenvalue weighted by Gasteiger charge is -2.31. The van der Waals surface area contributed by atoms with Gasteiger partial charge >= 0.3 is 5.97 Å². The van der Waals surface area contributed by atoms with Crippen LogP contribution in [0.1, 0.15) is 32.3 Å². The number of carboxylic acid groups (broad SMARTS) is 1. The van der Waals surface area contributed by atoms with Crippen molar-refractivity contribution in [3.8, 4) is 0 Å². The zero-order valence-electron chi connectivity index (χ0n) is 20.2. The molecule has 3 amide bonds. The number of fused-ring (bicyclic) bond motifs is 1. The Morgan fingerprint density at radius 2 is 1.78 bits per heavy atom. The maximum Gasteiger partial charge on any atom is 0.328 e. The van der Waals surface area contributed by atoms with E-state index in [9.17, 15) is 34.5 Å². The molecule has 1 aliphatic rings. The first-order chi connectivity index (χ1) is 17.0. The van der Waals surface area contributed by atoms with Gasteiger partial charge in [0.25, 0.3) is 0 Å². The topological polar surface area (TPSA) is 198 Å². The van der Waals surface area contributed by atoms with E-state index in [2.05, 4.69) is 15.6 Å². The zero-order chi connectivity index (χ0) is 26.6. The number of nitrogens with zero attached hydrogens (tertiary/aromatic N) is 1. The summed E-state index contributed by atoms with van der Waals surface area (Å²) in [5, 5.41) is 34.8. The first-order valence-electron chi connectivity index (χ1n) is 11.8. The lowest BCUT2D eigenvalue weighted by molar-refractivity contribution is -0.147. The maximum absolute atomic E-state index is 13.3. The van der Waals surface area contributed by atoms with E-state index in [4.69, 9.17) is 5.73 Å². The van der Waals surface area contributed by atoms with Gasteiger partial charge in [0.1, 0.15) is 12.1 Å². The van der Waals surface area contributed by atoms with Crippen LogP contribution in [0.4, 0.5) is 0 Å². The predicted octanol–water partition coefficient (Wildman–Crippen LogP) is -1.16. The van der Waals surface area contributed by atoms with Crippen molar-refractivity contribution in [1.29, 1.82) is 0 Å². The molecule has 2 aromatic rings. The minimum atomic E-state index is -1.54. The minimum Gasteiger partial charge on any atom is -0.480 e. The van der Waals surface area contributed by atoms with Crippen molar-refractivity contribution in [2.75, 3.05) is 6.54 Å². The van der Waals surface area contributed by atoms with E-state index >= 15 is 0 Å². The fraction of sp³-hybridized carbons (Fsp3) is 0.500. The number of amides is 3. The van der Waals surface area contributed by atoms with Gasteiger partial charge in [-0.05, 0) is 44.7 Å². The molecule has 1 aliphatic heterocycles. The number of aliphatic hydroxyl groups is 2. The first kappa shape index (κ1) is 27.1. The van der Waals surface area contributed by atoms with Gasteiger partial charge in [0.05, 0.1) is 18.2 Å².